The Labute approximate surface area is 204 Å². The number of hydrogen-bond donors (Lipinski definition) is 0. The van der Waals surface area contributed by atoms with Crippen molar-refractivity contribution in [3.63, 3.8) is 0 Å². The van der Waals surface area contributed by atoms with Gasteiger partial charge in [0.25, 0.3) is 0 Å². The third kappa shape index (κ3) is 6.55. The molecule has 5 rings (SSSR count). The van der Waals surface area contributed by atoms with Crippen LogP contribution in [0.2, 0.25) is 0 Å². The summed E-state index contributed by atoms with van der Waals surface area (Å²) in [4.78, 5) is 0. The van der Waals surface area contributed by atoms with E-state index < -0.39 is 0 Å². The SMILES string of the molecule is C1=CCC2CC[CH-]C2=C1.Cc1[cH-]c2ccccc2c1Pc1ccccc1.[Cl-].[Cl-].[Ti+4]. The zero-order valence-electron chi connectivity index (χ0n) is 16.5. The fourth-order valence-corrected chi connectivity index (χ4v) is 5.14. The van der Waals surface area contributed by atoms with Crippen LogP contribution in [0.1, 0.15) is 24.8 Å². The number of aryl methyl sites for hydroxylation is 1. The Kier molecular flexibility index (Phi) is 11.5. The molecule has 0 aromatic heterocycles. The van der Waals surface area contributed by atoms with Crippen molar-refractivity contribution < 1.29 is 46.5 Å². The third-order valence-corrected chi connectivity index (χ3v) is 6.79. The average Bonchev–Trinajstić information content (AvgIpc) is 3.28. The van der Waals surface area contributed by atoms with Crippen LogP contribution in [0.5, 0.6) is 0 Å². The van der Waals surface area contributed by atoms with Gasteiger partial charge in [-0.05, 0) is 17.6 Å². The normalized spacial score (nSPS) is 16.4. The summed E-state index contributed by atoms with van der Waals surface area (Å²) in [6.07, 6.45) is 13.0. The summed E-state index contributed by atoms with van der Waals surface area (Å²) in [5.74, 6) is 0.884. The van der Waals surface area contributed by atoms with Gasteiger partial charge in [0.05, 0.1) is 0 Å². The van der Waals surface area contributed by atoms with Crippen molar-refractivity contribution >= 4 is 30.0 Å². The van der Waals surface area contributed by atoms with E-state index in [0.717, 1.165) is 14.5 Å². The van der Waals surface area contributed by atoms with Crippen LogP contribution in [0.4, 0.5) is 0 Å². The Hall–Kier alpha value is -0.876. The van der Waals surface area contributed by atoms with Gasteiger partial charge < -0.3 is 24.8 Å². The third-order valence-electron chi connectivity index (χ3n) is 5.25. The van der Waals surface area contributed by atoms with Gasteiger partial charge in [0.2, 0.25) is 0 Å². The standard InChI is InChI=1S/C16H14P.C9H11.2ClH.Ti/c1-12-11-13-7-5-6-10-15(13)16(12)17-14-8-3-2-4-9-14;1-2-5-9-7-3-6-8(9)4-1;;;/h2-11,17H,1H3;1-2,4,6,9H,3,5,7H2;2*1H;/q2*-1;;;+4/p-2. The Morgan fingerprint density at radius 2 is 1.69 bits per heavy atom. The number of halogens is 2. The summed E-state index contributed by atoms with van der Waals surface area (Å²) >= 11 is 0. The molecule has 1 saturated carbocycles. The van der Waals surface area contributed by atoms with Gasteiger partial charge in [-0.2, -0.15) is 0 Å². The van der Waals surface area contributed by atoms with Crippen LogP contribution >= 0.6 is 8.58 Å². The molecule has 0 saturated heterocycles. The molecule has 0 bridgehead atoms. The molecule has 0 spiro atoms. The molecule has 0 radical (unpaired) electrons. The second-order valence-electron chi connectivity index (χ2n) is 7.09. The molecule has 2 aliphatic rings. The molecular weight excluding hydrogens is 450 g/mol. The van der Waals surface area contributed by atoms with Gasteiger partial charge in [-0.15, -0.1) is 73.1 Å². The molecule has 2 aliphatic carbocycles. The second kappa shape index (κ2) is 12.7. The number of fused-ring (bicyclic) bond motifs is 2. The smallest absolute Gasteiger partial charge is 1.00 e. The van der Waals surface area contributed by atoms with Crippen molar-refractivity contribution in [3.8, 4) is 0 Å². The molecule has 2 atom stereocenters. The minimum Gasteiger partial charge on any atom is -1.00 e. The molecule has 2 unspecified atom stereocenters. The average molecular weight is 475 g/mol. The fourth-order valence-electron chi connectivity index (χ4n) is 3.86. The van der Waals surface area contributed by atoms with Crippen molar-refractivity contribution in [1.82, 2.24) is 0 Å². The Morgan fingerprint density at radius 1 is 0.966 bits per heavy atom. The number of rotatable bonds is 2. The molecular formula is C25H25Cl2PTi. The zero-order chi connectivity index (χ0) is 17.8. The fraction of sp³-hybridized carbons (Fsp3) is 0.200. The summed E-state index contributed by atoms with van der Waals surface area (Å²) in [7, 11) is 0.754. The van der Waals surface area contributed by atoms with E-state index in [0.29, 0.717) is 0 Å². The van der Waals surface area contributed by atoms with E-state index >= 15 is 0 Å². The molecule has 0 nitrogen and oxygen atoms in total. The predicted octanol–water partition coefficient (Wildman–Crippen LogP) is -0.0111. The summed E-state index contributed by atoms with van der Waals surface area (Å²) < 4.78 is 0. The van der Waals surface area contributed by atoms with Crippen LogP contribution in [0.3, 0.4) is 0 Å². The summed E-state index contributed by atoms with van der Waals surface area (Å²) in [5, 5.41) is 5.68. The van der Waals surface area contributed by atoms with Crippen molar-refractivity contribution in [2.75, 3.05) is 0 Å². The van der Waals surface area contributed by atoms with Gasteiger partial charge in [0.15, 0.2) is 0 Å². The van der Waals surface area contributed by atoms with E-state index in [4.69, 9.17) is 0 Å². The monoisotopic (exact) mass is 474 g/mol. The molecule has 0 N–H and O–H groups in total. The zero-order valence-corrected chi connectivity index (χ0v) is 20.6. The number of benzene rings is 2. The maximum absolute atomic E-state index is 2.37. The van der Waals surface area contributed by atoms with Crippen LogP contribution in [0.25, 0.3) is 10.8 Å². The molecule has 29 heavy (non-hydrogen) atoms. The van der Waals surface area contributed by atoms with Crippen LogP contribution in [0, 0.1) is 19.3 Å². The first-order chi connectivity index (χ1) is 12.8. The van der Waals surface area contributed by atoms with E-state index in [-0.39, 0.29) is 46.5 Å². The summed E-state index contributed by atoms with van der Waals surface area (Å²) in [5.41, 5.74) is 2.99. The van der Waals surface area contributed by atoms with E-state index in [1.807, 2.05) is 0 Å². The van der Waals surface area contributed by atoms with Crippen LogP contribution in [-0.4, -0.2) is 0 Å². The quantitative estimate of drug-likeness (QED) is 0.278. The maximum atomic E-state index is 2.37. The predicted molar refractivity (Wildman–Crippen MR) is 117 cm³/mol. The number of hydrogen-bond acceptors (Lipinski definition) is 0. The van der Waals surface area contributed by atoms with Gasteiger partial charge in [0.1, 0.15) is 0 Å². The minimum atomic E-state index is 0. The molecule has 148 valence electrons. The van der Waals surface area contributed by atoms with Crippen molar-refractivity contribution in [1.29, 1.82) is 0 Å². The van der Waals surface area contributed by atoms with Gasteiger partial charge in [0, 0.05) is 0 Å². The van der Waals surface area contributed by atoms with Crippen LogP contribution in [-0.2, 0) is 21.7 Å². The topological polar surface area (TPSA) is 0 Å². The Morgan fingerprint density at radius 3 is 2.45 bits per heavy atom. The summed E-state index contributed by atoms with van der Waals surface area (Å²) in [6.45, 7) is 2.21. The van der Waals surface area contributed by atoms with Gasteiger partial charge in [-0.25, -0.2) is 18.1 Å². The molecule has 0 heterocycles. The molecule has 4 heteroatoms. The van der Waals surface area contributed by atoms with Gasteiger partial charge in [-0.1, -0.05) is 49.7 Å². The Bertz CT molecular complexity index is 944. The largest absolute Gasteiger partial charge is 4.00 e. The summed E-state index contributed by atoms with van der Waals surface area (Å²) in [6, 6.07) is 21.7. The Balaban J connectivity index is 0.000000302. The van der Waals surface area contributed by atoms with Crippen molar-refractivity contribution in [3.05, 3.63) is 96.4 Å². The van der Waals surface area contributed by atoms with Crippen LogP contribution < -0.4 is 35.4 Å². The van der Waals surface area contributed by atoms with Gasteiger partial charge >= 0.3 is 21.7 Å². The first-order valence-electron chi connectivity index (χ1n) is 9.48. The minimum absolute atomic E-state index is 0. The van der Waals surface area contributed by atoms with E-state index in [1.54, 1.807) is 5.57 Å². The first kappa shape index (κ1) is 26.2. The van der Waals surface area contributed by atoms with Crippen molar-refractivity contribution in [2.24, 2.45) is 5.92 Å². The molecule has 0 aliphatic heterocycles. The van der Waals surface area contributed by atoms with Crippen molar-refractivity contribution in [2.45, 2.75) is 26.2 Å². The van der Waals surface area contributed by atoms with E-state index in [2.05, 4.69) is 92.2 Å². The maximum Gasteiger partial charge on any atom is 4.00 e. The first-order valence-corrected chi connectivity index (χ1v) is 10.5. The van der Waals surface area contributed by atoms with Gasteiger partial charge in [-0.3, -0.25) is 0 Å². The van der Waals surface area contributed by atoms with E-state index in [1.165, 1.54) is 46.2 Å². The number of allylic oxidation sites excluding steroid dienone is 4. The molecule has 3 aromatic carbocycles. The molecule has 3 aromatic rings. The second-order valence-corrected chi connectivity index (χ2v) is 8.42. The molecule has 1 fully saturated rings. The van der Waals surface area contributed by atoms with Crippen LogP contribution in [0.15, 0.2) is 84.5 Å². The molecule has 0 amide bonds. The van der Waals surface area contributed by atoms with E-state index in [9.17, 15) is 0 Å².